The van der Waals surface area contributed by atoms with Crippen LogP contribution in [0.15, 0.2) is 59.8 Å². The fraction of sp³-hybridized carbons (Fsp3) is 0.125. The van der Waals surface area contributed by atoms with E-state index in [-0.39, 0.29) is 18.5 Å². The summed E-state index contributed by atoms with van der Waals surface area (Å²) in [5, 5.41) is 12.9. The Balaban J connectivity index is 2.14. The molecule has 1 aromatic heterocycles. The van der Waals surface area contributed by atoms with Crippen LogP contribution in [0.1, 0.15) is 28.9 Å². The van der Waals surface area contributed by atoms with E-state index >= 15 is 0 Å². The number of aromatic nitrogens is 1. The quantitative estimate of drug-likeness (QED) is 0.630. The molecular formula is C16H15N3O3. The number of nitrogens with zero attached hydrogens (tertiary/aromatic N) is 2. The first-order valence-corrected chi connectivity index (χ1v) is 6.72. The Morgan fingerprint density at radius 2 is 1.77 bits per heavy atom. The van der Waals surface area contributed by atoms with Gasteiger partial charge in [0, 0.05) is 12.6 Å². The van der Waals surface area contributed by atoms with Crippen molar-refractivity contribution in [3.8, 4) is 0 Å². The van der Waals surface area contributed by atoms with Crippen molar-refractivity contribution in [1.82, 2.24) is 10.4 Å². The van der Waals surface area contributed by atoms with E-state index in [1.165, 1.54) is 6.20 Å². The van der Waals surface area contributed by atoms with Gasteiger partial charge >= 0.3 is 5.97 Å². The van der Waals surface area contributed by atoms with Gasteiger partial charge in [0.15, 0.2) is 0 Å². The van der Waals surface area contributed by atoms with Gasteiger partial charge in [0.05, 0.1) is 12.1 Å². The van der Waals surface area contributed by atoms with E-state index in [1.54, 1.807) is 18.2 Å². The number of hydrogen-bond acceptors (Lipinski definition) is 4. The lowest BCUT2D eigenvalue weighted by molar-refractivity contribution is -0.136. The van der Waals surface area contributed by atoms with E-state index in [0.717, 1.165) is 5.56 Å². The lowest BCUT2D eigenvalue weighted by Gasteiger charge is -2.06. The molecular weight excluding hydrogens is 282 g/mol. The zero-order valence-corrected chi connectivity index (χ0v) is 11.8. The highest BCUT2D eigenvalue weighted by Gasteiger charge is 2.09. The zero-order chi connectivity index (χ0) is 15.8. The zero-order valence-electron chi connectivity index (χ0n) is 11.8. The van der Waals surface area contributed by atoms with Gasteiger partial charge in [-0.15, -0.1) is 0 Å². The summed E-state index contributed by atoms with van der Waals surface area (Å²) < 4.78 is 0. The van der Waals surface area contributed by atoms with E-state index in [1.807, 2.05) is 30.3 Å². The Hall–Kier alpha value is -3.02. The van der Waals surface area contributed by atoms with Gasteiger partial charge in [-0.3, -0.25) is 14.6 Å². The molecule has 6 nitrogen and oxygen atoms in total. The second-order valence-electron chi connectivity index (χ2n) is 4.47. The molecule has 0 fully saturated rings. The lowest BCUT2D eigenvalue weighted by Crippen LogP contribution is -2.21. The normalized spacial score (nSPS) is 11.0. The van der Waals surface area contributed by atoms with E-state index in [0.29, 0.717) is 5.71 Å². The number of carboxylic acids is 1. The van der Waals surface area contributed by atoms with Crippen LogP contribution in [0.2, 0.25) is 0 Å². The van der Waals surface area contributed by atoms with Crippen molar-refractivity contribution in [2.75, 3.05) is 0 Å². The molecule has 0 bridgehead atoms. The number of hydrogen-bond donors (Lipinski definition) is 2. The standard InChI is InChI=1S/C16H15N3O3/c20-15(21)10-9-13(12-6-2-1-3-7-12)18-19-16(22)14-8-4-5-11-17-14/h1-8,11H,9-10H2,(H,19,22)(H,20,21)/b18-13+. The number of amides is 1. The van der Waals surface area contributed by atoms with E-state index in [2.05, 4.69) is 15.5 Å². The number of rotatable bonds is 6. The van der Waals surface area contributed by atoms with Crippen LogP contribution in [0.5, 0.6) is 0 Å². The monoisotopic (exact) mass is 297 g/mol. The summed E-state index contributed by atoms with van der Waals surface area (Å²) in [6.07, 6.45) is 1.68. The van der Waals surface area contributed by atoms with Crippen LogP contribution in [0.25, 0.3) is 0 Å². The SMILES string of the molecule is O=C(O)CC/C(=N\NC(=O)c1ccccn1)c1ccccc1. The molecule has 0 atom stereocenters. The Bertz CT molecular complexity index is 670. The van der Waals surface area contributed by atoms with Gasteiger partial charge < -0.3 is 5.11 Å². The Morgan fingerprint density at radius 3 is 2.41 bits per heavy atom. The molecule has 0 aliphatic carbocycles. The first-order valence-electron chi connectivity index (χ1n) is 6.72. The molecule has 0 saturated carbocycles. The average Bonchev–Trinajstić information content (AvgIpc) is 2.56. The van der Waals surface area contributed by atoms with Gasteiger partial charge in [-0.25, -0.2) is 5.43 Å². The van der Waals surface area contributed by atoms with Gasteiger partial charge in [0.1, 0.15) is 5.69 Å². The maximum atomic E-state index is 11.9. The fourth-order valence-corrected chi connectivity index (χ4v) is 1.79. The summed E-state index contributed by atoms with van der Waals surface area (Å²) in [5.74, 6) is -1.36. The fourth-order valence-electron chi connectivity index (χ4n) is 1.79. The summed E-state index contributed by atoms with van der Waals surface area (Å²) in [7, 11) is 0. The topological polar surface area (TPSA) is 91.6 Å². The highest BCUT2D eigenvalue weighted by molar-refractivity contribution is 6.02. The minimum Gasteiger partial charge on any atom is -0.481 e. The van der Waals surface area contributed by atoms with Crippen molar-refractivity contribution < 1.29 is 14.7 Å². The molecule has 2 rings (SSSR count). The minimum atomic E-state index is -0.917. The molecule has 0 aliphatic heterocycles. The van der Waals surface area contributed by atoms with Crippen molar-refractivity contribution in [2.45, 2.75) is 12.8 Å². The third kappa shape index (κ3) is 4.52. The average molecular weight is 297 g/mol. The minimum absolute atomic E-state index is 0.0623. The van der Waals surface area contributed by atoms with Gasteiger partial charge in [-0.1, -0.05) is 36.4 Å². The third-order valence-corrected chi connectivity index (χ3v) is 2.87. The molecule has 22 heavy (non-hydrogen) atoms. The van der Waals surface area contributed by atoms with E-state index in [4.69, 9.17) is 5.11 Å². The Labute approximate surface area is 127 Å². The van der Waals surface area contributed by atoms with Crippen LogP contribution in [-0.4, -0.2) is 27.7 Å². The van der Waals surface area contributed by atoms with Crippen molar-refractivity contribution >= 4 is 17.6 Å². The third-order valence-electron chi connectivity index (χ3n) is 2.87. The molecule has 6 heteroatoms. The number of hydrazone groups is 1. The number of benzene rings is 1. The molecule has 112 valence electrons. The highest BCUT2D eigenvalue weighted by atomic mass is 16.4. The number of carbonyl (C=O) groups is 2. The van der Waals surface area contributed by atoms with Crippen LogP contribution in [0.3, 0.4) is 0 Å². The largest absolute Gasteiger partial charge is 0.481 e. The lowest BCUT2D eigenvalue weighted by atomic mass is 10.1. The highest BCUT2D eigenvalue weighted by Crippen LogP contribution is 2.06. The number of nitrogens with one attached hydrogen (secondary N) is 1. The number of pyridine rings is 1. The molecule has 1 heterocycles. The molecule has 0 radical (unpaired) electrons. The number of carbonyl (C=O) groups excluding carboxylic acids is 1. The first kappa shape index (κ1) is 15.4. The molecule has 1 aromatic carbocycles. The summed E-state index contributed by atoms with van der Waals surface area (Å²) in [4.78, 5) is 26.6. The number of carboxylic acid groups (broad SMARTS) is 1. The molecule has 0 spiro atoms. The summed E-state index contributed by atoms with van der Waals surface area (Å²) in [6, 6.07) is 14.1. The predicted octanol–water partition coefficient (Wildman–Crippen LogP) is 2.08. The molecule has 2 aromatic rings. The van der Waals surface area contributed by atoms with Crippen LogP contribution >= 0.6 is 0 Å². The predicted molar refractivity (Wildman–Crippen MR) is 81.6 cm³/mol. The smallest absolute Gasteiger partial charge is 0.303 e. The Kier molecular flexibility index (Phi) is 5.37. The van der Waals surface area contributed by atoms with Gasteiger partial charge in [0.2, 0.25) is 0 Å². The van der Waals surface area contributed by atoms with Crippen LogP contribution in [0, 0.1) is 0 Å². The van der Waals surface area contributed by atoms with Crippen LogP contribution in [-0.2, 0) is 4.79 Å². The van der Waals surface area contributed by atoms with Crippen molar-refractivity contribution in [3.63, 3.8) is 0 Å². The second kappa shape index (κ2) is 7.68. The van der Waals surface area contributed by atoms with Crippen molar-refractivity contribution in [1.29, 1.82) is 0 Å². The van der Waals surface area contributed by atoms with Gasteiger partial charge in [-0.2, -0.15) is 5.10 Å². The molecule has 0 saturated heterocycles. The second-order valence-corrected chi connectivity index (χ2v) is 4.47. The molecule has 2 N–H and O–H groups in total. The molecule has 1 amide bonds. The van der Waals surface area contributed by atoms with Crippen LogP contribution < -0.4 is 5.43 Å². The summed E-state index contributed by atoms with van der Waals surface area (Å²) in [6.45, 7) is 0. The maximum Gasteiger partial charge on any atom is 0.303 e. The summed E-state index contributed by atoms with van der Waals surface area (Å²) in [5.41, 5.74) is 3.94. The first-order chi connectivity index (χ1) is 10.7. The number of aliphatic carboxylic acids is 1. The van der Waals surface area contributed by atoms with Crippen molar-refractivity contribution in [2.24, 2.45) is 5.10 Å². The maximum absolute atomic E-state index is 11.9. The van der Waals surface area contributed by atoms with E-state index < -0.39 is 11.9 Å². The summed E-state index contributed by atoms with van der Waals surface area (Å²) >= 11 is 0. The van der Waals surface area contributed by atoms with Crippen LogP contribution in [0.4, 0.5) is 0 Å². The van der Waals surface area contributed by atoms with Crippen molar-refractivity contribution in [3.05, 3.63) is 66.0 Å². The van der Waals surface area contributed by atoms with Gasteiger partial charge in [-0.05, 0) is 17.7 Å². The Morgan fingerprint density at radius 1 is 1.05 bits per heavy atom. The van der Waals surface area contributed by atoms with Gasteiger partial charge in [0.25, 0.3) is 5.91 Å². The van der Waals surface area contributed by atoms with E-state index in [9.17, 15) is 9.59 Å². The molecule has 0 aliphatic rings. The molecule has 0 unspecified atom stereocenters.